The van der Waals surface area contributed by atoms with E-state index in [-0.39, 0.29) is 11.8 Å². The first-order valence-electron chi connectivity index (χ1n) is 7.70. The lowest BCUT2D eigenvalue weighted by atomic mass is 10.1. The Hall–Kier alpha value is -3.14. The molecule has 2 amide bonds. The van der Waals surface area contributed by atoms with Gasteiger partial charge < -0.3 is 4.74 Å². The molecule has 24 heavy (non-hydrogen) atoms. The molecule has 1 aliphatic heterocycles. The molecule has 1 heterocycles. The Kier molecular flexibility index (Phi) is 3.31. The van der Waals surface area contributed by atoms with Crippen LogP contribution in [0.15, 0.2) is 83.0 Å². The predicted molar refractivity (Wildman–Crippen MR) is 91.6 cm³/mol. The summed E-state index contributed by atoms with van der Waals surface area (Å²) < 4.78 is 5.13. The molecule has 0 N–H and O–H groups in total. The molecule has 0 unspecified atom stereocenters. The zero-order chi connectivity index (χ0) is 16.7. The fourth-order valence-corrected chi connectivity index (χ4v) is 3.09. The van der Waals surface area contributed by atoms with Crippen LogP contribution in [0.2, 0.25) is 0 Å². The predicted octanol–water partition coefficient (Wildman–Crippen LogP) is 3.25. The average molecular weight is 317 g/mol. The summed E-state index contributed by atoms with van der Waals surface area (Å²) in [5.74, 6) is 0.110. The number of benzene rings is 1. The normalized spacial score (nSPS) is 19.0. The number of allylic oxidation sites excluding steroid dienone is 8. The van der Waals surface area contributed by atoms with Crippen molar-refractivity contribution >= 4 is 17.5 Å². The van der Waals surface area contributed by atoms with Gasteiger partial charge in [-0.15, -0.1) is 0 Å². The van der Waals surface area contributed by atoms with Crippen LogP contribution >= 0.6 is 0 Å². The van der Waals surface area contributed by atoms with Crippen LogP contribution in [0.1, 0.15) is 6.42 Å². The van der Waals surface area contributed by atoms with Crippen molar-refractivity contribution in [3.05, 3.63) is 83.0 Å². The number of hydrogen-bond acceptors (Lipinski definition) is 3. The van der Waals surface area contributed by atoms with E-state index in [4.69, 9.17) is 4.74 Å². The molecule has 1 fully saturated rings. The lowest BCUT2D eigenvalue weighted by Crippen LogP contribution is -2.29. The number of hydrogen-bond donors (Lipinski definition) is 0. The first-order chi connectivity index (χ1) is 11.7. The molecule has 1 saturated heterocycles. The van der Waals surface area contributed by atoms with Crippen molar-refractivity contribution in [1.82, 2.24) is 0 Å². The zero-order valence-corrected chi connectivity index (χ0v) is 13.2. The Morgan fingerprint density at radius 3 is 1.92 bits per heavy atom. The van der Waals surface area contributed by atoms with E-state index in [1.807, 2.05) is 36.5 Å². The number of anilines is 1. The van der Waals surface area contributed by atoms with E-state index in [1.54, 1.807) is 31.4 Å². The molecule has 4 rings (SSSR count). The van der Waals surface area contributed by atoms with E-state index in [1.165, 1.54) is 4.90 Å². The van der Waals surface area contributed by atoms with E-state index in [0.717, 1.165) is 17.6 Å². The van der Waals surface area contributed by atoms with Crippen molar-refractivity contribution < 1.29 is 14.3 Å². The highest BCUT2D eigenvalue weighted by Gasteiger charge is 2.40. The maximum atomic E-state index is 12.8. The van der Waals surface area contributed by atoms with Crippen LogP contribution in [0.25, 0.3) is 0 Å². The van der Waals surface area contributed by atoms with E-state index < -0.39 is 0 Å². The molecule has 3 aliphatic rings. The van der Waals surface area contributed by atoms with Crippen molar-refractivity contribution in [1.29, 1.82) is 0 Å². The van der Waals surface area contributed by atoms with Crippen molar-refractivity contribution in [2.45, 2.75) is 6.42 Å². The third kappa shape index (κ3) is 2.24. The fourth-order valence-electron chi connectivity index (χ4n) is 3.09. The highest BCUT2D eigenvalue weighted by atomic mass is 16.5. The minimum Gasteiger partial charge on any atom is -0.497 e. The highest BCUT2D eigenvalue weighted by Crippen LogP contribution is 2.36. The van der Waals surface area contributed by atoms with Crippen LogP contribution in [-0.2, 0) is 9.59 Å². The quantitative estimate of drug-likeness (QED) is 0.787. The molecule has 0 radical (unpaired) electrons. The van der Waals surface area contributed by atoms with Gasteiger partial charge in [-0.2, -0.15) is 0 Å². The number of nitrogens with zero attached hydrogens (tertiary/aromatic N) is 1. The summed E-state index contributed by atoms with van der Waals surface area (Å²) in [5, 5.41) is 0. The lowest BCUT2D eigenvalue weighted by Gasteiger charge is -2.14. The number of methoxy groups -OCH3 is 1. The van der Waals surface area contributed by atoms with Gasteiger partial charge in [-0.1, -0.05) is 24.3 Å². The number of amides is 2. The van der Waals surface area contributed by atoms with Crippen LogP contribution in [0.3, 0.4) is 0 Å². The van der Waals surface area contributed by atoms with Crippen LogP contribution in [0.5, 0.6) is 5.75 Å². The Morgan fingerprint density at radius 1 is 0.875 bits per heavy atom. The van der Waals surface area contributed by atoms with E-state index in [0.29, 0.717) is 22.6 Å². The molecule has 0 aromatic heterocycles. The molecule has 4 nitrogen and oxygen atoms in total. The Labute approximate surface area is 139 Å². The Bertz CT molecular complexity index is 845. The van der Waals surface area contributed by atoms with Crippen LogP contribution in [0.4, 0.5) is 5.69 Å². The molecule has 0 spiro atoms. The van der Waals surface area contributed by atoms with Crippen molar-refractivity contribution in [3.63, 3.8) is 0 Å². The molecule has 4 heteroatoms. The number of ether oxygens (including phenoxy) is 1. The number of fused-ring (bicyclic) bond motifs is 3. The summed E-state index contributed by atoms with van der Waals surface area (Å²) in [4.78, 5) is 26.9. The van der Waals surface area contributed by atoms with Gasteiger partial charge in [-0.25, -0.2) is 4.90 Å². The average Bonchev–Trinajstić information content (AvgIpc) is 2.82. The smallest absolute Gasteiger partial charge is 0.266 e. The van der Waals surface area contributed by atoms with Gasteiger partial charge >= 0.3 is 0 Å². The maximum Gasteiger partial charge on any atom is 0.266 e. The molecule has 1 aromatic carbocycles. The third-order valence-corrected chi connectivity index (χ3v) is 4.29. The molecule has 0 saturated carbocycles. The number of rotatable bonds is 2. The molecular formula is C20H15NO3. The summed E-state index contributed by atoms with van der Waals surface area (Å²) in [6.45, 7) is 0. The number of imide groups is 1. The van der Waals surface area contributed by atoms with E-state index in [2.05, 4.69) is 0 Å². The molecular weight excluding hydrogens is 302 g/mol. The monoisotopic (exact) mass is 317 g/mol. The fraction of sp³-hybridized carbons (Fsp3) is 0.100. The summed E-state index contributed by atoms with van der Waals surface area (Å²) in [7, 11) is 1.58. The van der Waals surface area contributed by atoms with Gasteiger partial charge in [-0.05, 0) is 54.0 Å². The van der Waals surface area contributed by atoms with Gasteiger partial charge in [0.15, 0.2) is 0 Å². The van der Waals surface area contributed by atoms with Gasteiger partial charge in [0.2, 0.25) is 0 Å². The lowest BCUT2D eigenvalue weighted by molar-refractivity contribution is -0.119. The second-order valence-electron chi connectivity index (χ2n) is 5.80. The number of carbonyl (C=O) groups is 2. The molecule has 118 valence electrons. The summed E-state index contributed by atoms with van der Waals surface area (Å²) >= 11 is 0. The minimum absolute atomic E-state index is 0.284. The molecule has 2 bridgehead atoms. The SMILES string of the molecule is COc1ccc(N2C(=O)C3=CC4=CC=CC=C(C=C3C2=O)C4)cc1. The second kappa shape index (κ2) is 5.49. The molecule has 1 aromatic rings. The summed E-state index contributed by atoms with van der Waals surface area (Å²) in [6, 6.07) is 6.91. The highest BCUT2D eigenvalue weighted by molar-refractivity contribution is 6.37. The van der Waals surface area contributed by atoms with Crippen molar-refractivity contribution in [2.75, 3.05) is 12.0 Å². The second-order valence-corrected chi connectivity index (χ2v) is 5.80. The van der Waals surface area contributed by atoms with Crippen LogP contribution in [-0.4, -0.2) is 18.9 Å². The summed E-state index contributed by atoms with van der Waals surface area (Å²) in [5.41, 5.74) is 3.51. The molecule has 0 atom stereocenters. The van der Waals surface area contributed by atoms with Crippen LogP contribution < -0.4 is 9.64 Å². The van der Waals surface area contributed by atoms with Crippen LogP contribution in [0, 0.1) is 0 Å². The van der Waals surface area contributed by atoms with Gasteiger partial charge in [0.05, 0.1) is 23.9 Å². The zero-order valence-electron chi connectivity index (χ0n) is 13.2. The van der Waals surface area contributed by atoms with E-state index >= 15 is 0 Å². The Morgan fingerprint density at radius 2 is 1.42 bits per heavy atom. The van der Waals surface area contributed by atoms with Gasteiger partial charge in [0.1, 0.15) is 5.75 Å². The maximum absolute atomic E-state index is 12.8. The van der Waals surface area contributed by atoms with Gasteiger partial charge in [0.25, 0.3) is 11.8 Å². The Balaban J connectivity index is 1.80. The third-order valence-electron chi connectivity index (χ3n) is 4.29. The summed E-state index contributed by atoms with van der Waals surface area (Å²) in [6.07, 6.45) is 12.2. The standard InChI is InChI=1S/C20H15NO3/c1-24-16-8-6-15(7-9-16)21-19(22)17-11-13-4-2-3-5-14(10-13)12-18(17)20(21)23/h2-9,11-12H,10H2,1H3. The minimum atomic E-state index is -0.284. The first-order valence-corrected chi connectivity index (χ1v) is 7.70. The van der Waals surface area contributed by atoms with Crippen molar-refractivity contribution in [3.8, 4) is 5.75 Å². The van der Waals surface area contributed by atoms with Gasteiger partial charge in [0, 0.05) is 0 Å². The van der Waals surface area contributed by atoms with Gasteiger partial charge in [-0.3, -0.25) is 9.59 Å². The first kappa shape index (κ1) is 14.5. The number of carbonyl (C=O) groups excluding carboxylic acids is 2. The topological polar surface area (TPSA) is 46.6 Å². The van der Waals surface area contributed by atoms with E-state index in [9.17, 15) is 9.59 Å². The largest absolute Gasteiger partial charge is 0.497 e. The van der Waals surface area contributed by atoms with Crippen molar-refractivity contribution in [2.24, 2.45) is 0 Å². The molecule has 2 aliphatic carbocycles.